The van der Waals surface area contributed by atoms with Crippen LogP contribution in [0.1, 0.15) is 19.8 Å². The number of likely N-dealkylation sites (tertiary alicyclic amines) is 1. The van der Waals surface area contributed by atoms with Gasteiger partial charge in [-0.2, -0.15) is 0 Å². The third-order valence-electron chi connectivity index (χ3n) is 3.33. The third kappa shape index (κ3) is 4.07. The summed E-state index contributed by atoms with van der Waals surface area (Å²) < 4.78 is 5.44. The highest BCUT2D eigenvalue weighted by Crippen LogP contribution is 2.19. The molecule has 90 valence electrons. The second-order valence-corrected chi connectivity index (χ2v) is 4.57. The highest BCUT2D eigenvalue weighted by Gasteiger charge is 2.25. The van der Waals surface area contributed by atoms with Crippen LogP contribution in [0, 0.1) is 5.92 Å². The summed E-state index contributed by atoms with van der Waals surface area (Å²) in [6.07, 6.45) is 2.40. The second-order valence-electron chi connectivity index (χ2n) is 4.57. The zero-order valence-corrected chi connectivity index (χ0v) is 9.85. The Morgan fingerprint density at radius 1 is 1.60 bits per heavy atom. The van der Waals surface area contributed by atoms with Gasteiger partial charge in [-0.3, -0.25) is 0 Å². The van der Waals surface area contributed by atoms with Crippen molar-refractivity contribution in [3.63, 3.8) is 0 Å². The van der Waals surface area contributed by atoms with Crippen molar-refractivity contribution in [1.29, 1.82) is 0 Å². The monoisotopic (exact) mass is 216 g/mol. The quantitative estimate of drug-likeness (QED) is 0.682. The highest BCUT2D eigenvalue weighted by molar-refractivity contribution is 4.79. The Kier molecular flexibility index (Phi) is 5.53. The number of aliphatic hydroxyl groups excluding tert-OH is 1. The fourth-order valence-corrected chi connectivity index (χ4v) is 2.05. The van der Waals surface area contributed by atoms with Crippen LogP contribution in [0.2, 0.25) is 0 Å². The van der Waals surface area contributed by atoms with Crippen molar-refractivity contribution >= 4 is 0 Å². The molecule has 0 radical (unpaired) electrons. The van der Waals surface area contributed by atoms with Gasteiger partial charge in [0.2, 0.25) is 0 Å². The summed E-state index contributed by atoms with van der Waals surface area (Å²) in [4.78, 5) is 2.38. The van der Waals surface area contributed by atoms with E-state index in [0.717, 1.165) is 26.1 Å². The minimum absolute atomic E-state index is 0.0784. The lowest BCUT2D eigenvalue weighted by Crippen LogP contribution is -2.45. The summed E-state index contributed by atoms with van der Waals surface area (Å²) in [7, 11) is 1.78. The molecule has 0 spiro atoms. The standard InChI is InChI=1S/C11H24N2O2/c1-9-3-5-13(7-11(9)15-2)6-4-10(12)8-14/h9-11,14H,3-8,12H2,1-2H3. The molecule has 1 aliphatic rings. The molecular weight excluding hydrogens is 192 g/mol. The van der Waals surface area contributed by atoms with Gasteiger partial charge in [0.05, 0.1) is 12.7 Å². The van der Waals surface area contributed by atoms with Gasteiger partial charge >= 0.3 is 0 Å². The lowest BCUT2D eigenvalue weighted by atomic mass is 9.95. The number of hydrogen-bond donors (Lipinski definition) is 2. The Labute approximate surface area is 92.4 Å². The molecule has 1 rings (SSSR count). The van der Waals surface area contributed by atoms with Crippen molar-refractivity contribution in [2.45, 2.75) is 31.9 Å². The first-order valence-corrected chi connectivity index (χ1v) is 5.79. The molecule has 0 aromatic heterocycles. The van der Waals surface area contributed by atoms with E-state index < -0.39 is 0 Å². The third-order valence-corrected chi connectivity index (χ3v) is 3.33. The number of aliphatic hydroxyl groups is 1. The van der Waals surface area contributed by atoms with Crippen molar-refractivity contribution in [2.24, 2.45) is 11.7 Å². The van der Waals surface area contributed by atoms with E-state index in [-0.39, 0.29) is 12.6 Å². The molecule has 1 saturated heterocycles. The number of rotatable bonds is 5. The molecule has 0 saturated carbocycles. The summed E-state index contributed by atoms with van der Waals surface area (Å²) >= 11 is 0. The average Bonchev–Trinajstić information content (AvgIpc) is 2.27. The molecule has 3 N–H and O–H groups in total. The number of piperidine rings is 1. The zero-order chi connectivity index (χ0) is 11.3. The van der Waals surface area contributed by atoms with Crippen LogP contribution in [-0.4, -0.2) is 55.5 Å². The molecule has 4 nitrogen and oxygen atoms in total. The van der Waals surface area contributed by atoms with E-state index in [1.165, 1.54) is 6.42 Å². The molecule has 0 bridgehead atoms. The van der Waals surface area contributed by atoms with Crippen LogP contribution in [0.15, 0.2) is 0 Å². The van der Waals surface area contributed by atoms with Gasteiger partial charge in [0.25, 0.3) is 0 Å². The molecular formula is C11H24N2O2. The van der Waals surface area contributed by atoms with Crippen LogP contribution in [0.5, 0.6) is 0 Å². The van der Waals surface area contributed by atoms with Crippen LogP contribution in [0.25, 0.3) is 0 Å². The molecule has 4 heteroatoms. The van der Waals surface area contributed by atoms with Crippen LogP contribution in [-0.2, 0) is 4.74 Å². The predicted molar refractivity (Wildman–Crippen MR) is 60.7 cm³/mol. The Hall–Kier alpha value is -0.160. The first-order valence-electron chi connectivity index (χ1n) is 5.79. The summed E-state index contributed by atoms with van der Waals surface area (Å²) in [5, 5.41) is 8.84. The molecule has 0 aromatic carbocycles. The smallest absolute Gasteiger partial charge is 0.0724 e. The second kappa shape index (κ2) is 6.43. The summed E-state index contributed by atoms with van der Waals surface area (Å²) in [5.41, 5.74) is 5.68. The molecule has 15 heavy (non-hydrogen) atoms. The summed E-state index contributed by atoms with van der Waals surface area (Å²) in [6.45, 7) is 5.41. The molecule has 3 atom stereocenters. The van der Waals surface area contributed by atoms with Crippen molar-refractivity contribution in [1.82, 2.24) is 4.90 Å². The van der Waals surface area contributed by atoms with Gasteiger partial charge in [0.1, 0.15) is 0 Å². The van der Waals surface area contributed by atoms with Crippen molar-refractivity contribution in [3.05, 3.63) is 0 Å². The molecule has 0 aromatic rings. The minimum atomic E-state index is -0.0784. The molecule has 1 aliphatic heterocycles. The van der Waals surface area contributed by atoms with Gasteiger partial charge in [-0.15, -0.1) is 0 Å². The number of nitrogens with two attached hydrogens (primary N) is 1. The van der Waals surface area contributed by atoms with Gasteiger partial charge in [-0.05, 0) is 31.8 Å². The van der Waals surface area contributed by atoms with Crippen LogP contribution < -0.4 is 5.73 Å². The van der Waals surface area contributed by atoms with Crippen molar-refractivity contribution in [3.8, 4) is 0 Å². The maximum Gasteiger partial charge on any atom is 0.0724 e. The maximum absolute atomic E-state index is 8.84. The van der Waals surface area contributed by atoms with Crippen LogP contribution in [0.4, 0.5) is 0 Å². The maximum atomic E-state index is 8.84. The number of hydrogen-bond acceptors (Lipinski definition) is 4. The summed E-state index contributed by atoms with van der Waals surface area (Å²) in [6, 6.07) is -0.0784. The van der Waals surface area contributed by atoms with Crippen LogP contribution in [0.3, 0.4) is 0 Å². The largest absolute Gasteiger partial charge is 0.395 e. The minimum Gasteiger partial charge on any atom is -0.395 e. The molecule has 0 amide bonds. The lowest BCUT2D eigenvalue weighted by Gasteiger charge is -2.36. The Bertz CT molecular complexity index is 178. The normalized spacial score (nSPS) is 30.4. The predicted octanol–water partition coefficient (Wildman–Crippen LogP) is 0.0529. The lowest BCUT2D eigenvalue weighted by molar-refractivity contribution is -0.00589. The fourth-order valence-electron chi connectivity index (χ4n) is 2.05. The van der Waals surface area contributed by atoms with Gasteiger partial charge in [0.15, 0.2) is 0 Å². The van der Waals surface area contributed by atoms with E-state index in [9.17, 15) is 0 Å². The molecule has 1 fully saturated rings. The van der Waals surface area contributed by atoms with Crippen molar-refractivity contribution < 1.29 is 9.84 Å². The van der Waals surface area contributed by atoms with Gasteiger partial charge < -0.3 is 20.5 Å². The zero-order valence-electron chi connectivity index (χ0n) is 9.85. The van der Waals surface area contributed by atoms with Gasteiger partial charge in [0, 0.05) is 19.7 Å². The van der Waals surface area contributed by atoms with Crippen molar-refractivity contribution in [2.75, 3.05) is 33.4 Å². The Morgan fingerprint density at radius 2 is 2.33 bits per heavy atom. The Balaban J connectivity index is 2.26. The number of ether oxygens (including phenoxy) is 1. The van der Waals surface area contributed by atoms with E-state index in [2.05, 4.69) is 11.8 Å². The van der Waals surface area contributed by atoms with Crippen LogP contribution >= 0.6 is 0 Å². The first-order chi connectivity index (χ1) is 7.17. The van der Waals surface area contributed by atoms with E-state index in [1.807, 2.05) is 0 Å². The van der Waals surface area contributed by atoms with E-state index in [4.69, 9.17) is 15.6 Å². The topological polar surface area (TPSA) is 58.7 Å². The molecule has 0 aliphatic carbocycles. The summed E-state index contributed by atoms with van der Waals surface area (Å²) in [5.74, 6) is 0.651. The van der Waals surface area contributed by atoms with E-state index >= 15 is 0 Å². The van der Waals surface area contributed by atoms with Gasteiger partial charge in [-0.1, -0.05) is 6.92 Å². The average molecular weight is 216 g/mol. The highest BCUT2D eigenvalue weighted by atomic mass is 16.5. The molecule has 3 unspecified atom stereocenters. The number of methoxy groups -OCH3 is 1. The SMILES string of the molecule is COC1CN(CCC(N)CO)CCC1C. The number of nitrogens with zero attached hydrogens (tertiary/aromatic N) is 1. The molecule has 1 heterocycles. The van der Waals surface area contributed by atoms with Gasteiger partial charge in [-0.25, -0.2) is 0 Å². The van der Waals surface area contributed by atoms with E-state index in [1.54, 1.807) is 7.11 Å². The Morgan fingerprint density at radius 3 is 2.93 bits per heavy atom. The first kappa shape index (κ1) is 12.9. The fraction of sp³-hybridized carbons (Fsp3) is 1.00. The van der Waals surface area contributed by atoms with E-state index in [0.29, 0.717) is 12.0 Å².